The average molecular weight is 379 g/mol. The SMILES string of the molecule is CC(C)(C)c1ccccc1N1CCN(C(=O)CCC(=O)c2ccccc2)CC1. The highest BCUT2D eigenvalue weighted by atomic mass is 16.2. The van der Waals surface area contributed by atoms with Gasteiger partial charge in [-0.1, -0.05) is 69.3 Å². The Bertz CT molecular complexity index is 816. The largest absolute Gasteiger partial charge is 0.368 e. The van der Waals surface area contributed by atoms with Gasteiger partial charge in [-0.3, -0.25) is 9.59 Å². The number of Topliss-reactive ketones (excluding diaryl/α,β-unsaturated/α-hetero) is 1. The minimum absolute atomic E-state index is 0.0340. The molecule has 0 atom stereocenters. The second-order valence-corrected chi connectivity index (χ2v) is 8.42. The quantitative estimate of drug-likeness (QED) is 0.729. The van der Waals surface area contributed by atoms with E-state index in [0.29, 0.717) is 18.7 Å². The zero-order valence-corrected chi connectivity index (χ0v) is 17.1. The summed E-state index contributed by atoms with van der Waals surface area (Å²) in [7, 11) is 0. The first-order chi connectivity index (χ1) is 13.4. The molecule has 4 heteroatoms. The number of ketones is 1. The van der Waals surface area contributed by atoms with Crippen molar-refractivity contribution in [1.82, 2.24) is 4.90 Å². The van der Waals surface area contributed by atoms with Gasteiger partial charge in [-0.25, -0.2) is 0 Å². The van der Waals surface area contributed by atoms with Crippen LogP contribution in [0.3, 0.4) is 0 Å². The van der Waals surface area contributed by atoms with Gasteiger partial charge in [-0.05, 0) is 17.0 Å². The van der Waals surface area contributed by atoms with Crippen molar-refractivity contribution in [3.05, 3.63) is 65.7 Å². The van der Waals surface area contributed by atoms with Crippen molar-refractivity contribution in [2.75, 3.05) is 31.1 Å². The number of carbonyl (C=O) groups is 2. The van der Waals surface area contributed by atoms with Gasteiger partial charge in [0.05, 0.1) is 0 Å². The summed E-state index contributed by atoms with van der Waals surface area (Å²) in [5.41, 5.74) is 3.37. The van der Waals surface area contributed by atoms with E-state index in [1.807, 2.05) is 23.1 Å². The highest BCUT2D eigenvalue weighted by Gasteiger charge is 2.25. The molecule has 0 N–H and O–H groups in total. The lowest BCUT2D eigenvalue weighted by atomic mass is 9.85. The van der Waals surface area contributed by atoms with Crippen LogP contribution in [0.5, 0.6) is 0 Å². The van der Waals surface area contributed by atoms with Crippen LogP contribution in [0.4, 0.5) is 5.69 Å². The lowest BCUT2D eigenvalue weighted by Gasteiger charge is -2.38. The van der Waals surface area contributed by atoms with Crippen LogP contribution in [-0.2, 0) is 10.2 Å². The molecule has 0 bridgehead atoms. The van der Waals surface area contributed by atoms with Crippen LogP contribution in [0.1, 0.15) is 49.5 Å². The molecule has 0 radical (unpaired) electrons. The van der Waals surface area contributed by atoms with E-state index in [9.17, 15) is 9.59 Å². The fourth-order valence-corrected chi connectivity index (χ4v) is 3.73. The molecule has 1 fully saturated rings. The number of hydrogen-bond donors (Lipinski definition) is 0. The van der Waals surface area contributed by atoms with Gasteiger partial charge in [0.1, 0.15) is 0 Å². The lowest BCUT2D eigenvalue weighted by Crippen LogP contribution is -2.49. The Labute approximate surface area is 168 Å². The summed E-state index contributed by atoms with van der Waals surface area (Å²) in [6.45, 7) is 9.75. The molecule has 2 aromatic carbocycles. The number of carbonyl (C=O) groups excluding carboxylic acids is 2. The fourth-order valence-electron chi connectivity index (χ4n) is 3.73. The van der Waals surface area contributed by atoms with Crippen LogP contribution in [0.25, 0.3) is 0 Å². The third kappa shape index (κ3) is 4.80. The van der Waals surface area contributed by atoms with Crippen molar-refractivity contribution in [2.45, 2.75) is 39.0 Å². The molecule has 0 aliphatic carbocycles. The highest BCUT2D eigenvalue weighted by Crippen LogP contribution is 2.32. The Morgan fingerprint density at radius 1 is 0.821 bits per heavy atom. The third-order valence-electron chi connectivity index (χ3n) is 5.35. The summed E-state index contributed by atoms with van der Waals surface area (Å²) in [5.74, 6) is 0.111. The van der Waals surface area contributed by atoms with Gasteiger partial charge >= 0.3 is 0 Å². The van der Waals surface area contributed by atoms with E-state index in [0.717, 1.165) is 13.1 Å². The van der Waals surface area contributed by atoms with Crippen molar-refractivity contribution in [2.24, 2.45) is 0 Å². The van der Waals surface area contributed by atoms with Crippen LogP contribution in [-0.4, -0.2) is 42.8 Å². The van der Waals surface area contributed by atoms with Gasteiger partial charge in [0, 0.05) is 50.3 Å². The van der Waals surface area contributed by atoms with Crippen LogP contribution in [0.15, 0.2) is 54.6 Å². The Kier molecular flexibility index (Phi) is 6.18. The first-order valence-electron chi connectivity index (χ1n) is 10.1. The molecule has 1 aliphatic rings. The van der Waals surface area contributed by atoms with Crippen molar-refractivity contribution in [1.29, 1.82) is 0 Å². The molecule has 148 valence electrons. The maximum atomic E-state index is 12.6. The summed E-state index contributed by atoms with van der Waals surface area (Å²) in [6.07, 6.45) is 0.558. The molecule has 1 amide bonds. The van der Waals surface area contributed by atoms with E-state index in [-0.39, 0.29) is 29.9 Å². The number of nitrogens with zero attached hydrogens (tertiary/aromatic N) is 2. The molecular formula is C24H30N2O2. The topological polar surface area (TPSA) is 40.6 Å². The first-order valence-corrected chi connectivity index (χ1v) is 10.1. The number of anilines is 1. The lowest BCUT2D eigenvalue weighted by molar-refractivity contribution is -0.131. The van der Waals surface area contributed by atoms with Gasteiger partial charge in [-0.15, -0.1) is 0 Å². The number of rotatable bonds is 5. The van der Waals surface area contributed by atoms with Crippen molar-refractivity contribution in [3.63, 3.8) is 0 Å². The van der Waals surface area contributed by atoms with Crippen molar-refractivity contribution < 1.29 is 9.59 Å². The number of piperazine rings is 1. The predicted octanol–water partition coefficient (Wildman–Crippen LogP) is 4.30. The van der Waals surface area contributed by atoms with E-state index in [1.54, 1.807) is 12.1 Å². The molecule has 0 saturated carbocycles. The molecule has 1 saturated heterocycles. The van der Waals surface area contributed by atoms with Gasteiger partial charge in [0.2, 0.25) is 5.91 Å². The second kappa shape index (κ2) is 8.59. The zero-order valence-electron chi connectivity index (χ0n) is 17.1. The molecule has 3 rings (SSSR count). The molecule has 0 spiro atoms. The molecule has 1 heterocycles. The van der Waals surface area contributed by atoms with E-state index < -0.39 is 0 Å². The molecule has 0 unspecified atom stereocenters. The normalized spacial score (nSPS) is 14.8. The Morgan fingerprint density at radius 2 is 1.43 bits per heavy atom. The van der Waals surface area contributed by atoms with Crippen LogP contribution < -0.4 is 4.90 Å². The number of amides is 1. The molecule has 28 heavy (non-hydrogen) atoms. The van der Waals surface area contributed by atoms with Crippen LogP contribution >= 0.6 is 0 Å². The highest BCUT2D eigenvalue weighted by molar-refractivity contribution is 5.97. The summed E-state index contributed by atoms with van der Waals surface area (Å²) >= 11 is 0. The van der Waals surface area contributed by atoms with Crippen molar-refractivity contribution in [3.8, 4) is 0 Å². The molecule has 4 nitrogen and oxygen atoms in total. The fraction of sp³-hybridized carbons (Fsp3) is 0.417. The second-order valence-electron chi connectivity index (χ2n) is 8.42. The van der Waals surface area contributed by atoms with Gasteiger partial charge in [0.15, 0.2) is 5.78 Å². The summed E-state index contributed by atoms with van der Waals surface area (Å²) < 4.78 is 0. The zero-order chi connectivity index (χ0) is 20.1. The van der Waals surface area contributed by atoms with Crippen LogP contribution in [0, 0.1) is 0 Å². The van der Waals surface area contributed by atoms with Crippen LogP contribution in [0.2, 0.25) is 0 Å². The van der Waals surface area contributed by atoms with E-state index in [2.05, 4.69) is 49.9 Å². The van der Waals surface area contributed by atoms with Gasteiger partial charge in [-0.2, -0.15) is 0 Å². The standard InChI is InChI=1S/C24H30N2O2/c1-24(2,3)20-11-7-8-12-21(20)25-15-17-26(18-16-25)23(28)14-13-22(27)19-9-5-4-6-10-19/h4-12H,13-18H2,1-3H3. The van der Waals surface area contributed by atoms with E-state index in [1.165, 1.54) is 11.3 Å². The molecule has 0 aromatic heterocycles. The minimum Gasteiger partial charge on any atom is -0.368 e. The Hall–Kier alpha value is -2.62. The number of hydrogen-bond acceptors (Lipinski definition) is 3. The Balaban J connectivity index is 1.54. The number of benzene rings is 2. The maximum Gasteiger partial charge on any atom is 0.223 e. The molecule has 2 aromatic rings. The Morgan fingerprint density at radius 3 is 2.07 bits per heavy atom. The third-order valence-corrected chi connectivity index (χ3v) is 5.35. The smallest absolute Gasteiger partial charge is 0.223 e. The maximum absolute atomic E-state index is 12.6. The minimum atomic E-state index is 0.0340. The summed E-state index contributed by atoms with van der Waals surface area (Å²) in [4.78, 5) is 29.1. The average Bonchev–Trinajstić information content (AvgIpc) is 2.72. The van der Waals surface area contributed by atoms with Gasteiger partial charge in [0.25, 0.3) is 0 Å². The van der Waals surface area contributed by atoms with E-state index >= 15 is 0 Å². The van der Waals surface area contributed by atoms with Crippen molar-refractivity contribution >= 4 is 17.4 Å². The first kappa shape index (κ1) is 20.1. The summed E-state index contributed by atoms with van der Waals surface area (Å²) in [6, 6.07) is 17.7. The monoisotopic (exact) mass is 378 g/mol. The predicted molar refractivity (Wildman–Crippen MR) is 114 cm³/mol. The molecule has 1 aliphatic heterocycles. The number of para-hydroxylation sites is 1. The van der Waals surface area contributed by atoms with E-state index in [4.69, 9.17) is 0 Å². The molecular weight excluding hydrogens is 348 g/mol. The van der Waals surface area contributed by atoms with Gasteiger partial charge < -0.3 is 9.80 Å². The summed E-state index contributed by atoms with van der Waals surface area (Å²) in [5, 5.41) is 0.